The Labute approximate surface area is 164 Å². The molecule has 0 aliphatic carbocycles. The summed E-state index contributed by atoms with van der Waals surface area (Å²) < 4.78 is 81.9. The first-order chi connectivity index (χ1) is 13.4. The zero-order chi connectivity index (χ0) is 21.4. The number of nitrogens with one attached hydrogen (secondary N) is 1. The first-order valence-corrected chi connectivity index (χ1v) is 8.28. The summed E-state index contributed by atoms with van der Waals surface area (Å²) in [4.78, 5) is 12.2. The zero-order valence-electron chi connectivity index (χ0n) is 14.2. The van der Waals surface area contributed by atoms with Crippen molar-refractivity contribution in [2.24, 2.45) is 0 Å². The molecule has 0 atom stereocenters. The van der Waals surface area contributed by atoms with Gasteiger partial charge in [0.15, 0.2) is 5.76 Å². The van der Waals surface area contributed by atoms with Crippen molar-refractivity contribution in [1.29, 1.82) is 0 Å². The maximum absolute atomic E-state index is 12.8. The third-order valence-electron chi connectivity index (χ3n) is 3.84. The fourth-order valence-electron chi connectivity index (χ4n) is 2.48. The predicted molar refractivity (Wildman–Crippen MR) is 93.6 cm³/mol. The largest absolute Gasteiger partial charge is 0.451 e. The minimum atomic E-state index is -4.64. The van der Waals surface area contributed by atoms with Crippen LogP contribution in [0.15, 0.2) is 59.0 Å². The third kappa shape index (κ3) is 4.73. The van der Waals surface area contributed by atoms with Gasteiger partial charge in [0.05, 0.1) is 16.1 Å². The molecule has 0 radical (unpaired) electrons. The number of alkyl halides is 6. The number of rotatable bonds is 3. The van der Waals surface area contributed by atoms with E-state index >= 15 is 0 Å². The lowest BCUT2D eigenvalue weighted by Crippen LogP contribution is -2.12. The number of hydrogen-bond donors (Lipinski definition) is 1. The molecule has 0 bridgehead atoms. The second-order valence-electron chi connectivity index (χ2n) is 5.89. The molecular weight excluding hydrogens is 424 g/mol. The molecule has 0 unspecified atom stereocenters. The minimum Gasteiger partial charge on any atom is -0.451 e. The molecule has 2 aromatic carbocycles. The number of carbonyl (C=O) groups excluding carboxylic acids is 1. The Morgan fingerprint density at radius 2 is 1.62 bits per heavy atom. The average Bonchev–Trinajstić information content (AvgIpc) is 3.10. The molecule has 0 aliphatic heterocycles. The van der Waals surface area contributed by atoms with Gasteiger partial charge in [-0.1, -0.05) is 23.7 Å². The molecule has 0 fully saturated rings. The molecule has 0 saturated heterocycles. The van der Waals surface area contributed by atoms with E-state index < -0.39 is 34.4 Å². The van der Waals surface area contributed by atoms with Gasteiger partial charge in [0.2, 0.25) is 0 Å². The molecular formula is C19H10ClF6NO2. The van der Waals surface area contributed by atoms with Crippen LogP contribution >= 0.6 is 11.6 Å². The summed E-state index contributed by atoms with van der Waals surface area (Å²) in [5, 5.41) is 1.72. The molecule has 1 aromatic heterocycles. The van der Waals surface area contributed by atoms with Gasteiger partial charge in [0.1, 0.15) is 5.76 Å². The van der Waals surface area contributed by atoms with Crippen LogP contribution < -0.4 is 5.32 Å². The van der Waals surface area contributed by atoms with Gasteiger partial charge in [-0.05, 0) is 42.5 Å². The Morgan fingerprint density at radius 1 is 0.897 bits per heavy atom. The average molecular weight is 434 g/mol. The lowest BCUT2D eigenvalue weighted by atomic mass is 10.1. The monoisotopic (exact) mass is 433 g/mol. The highest BCUT2D eigenvalue weighted by atomic mass is 35.5. The summed E-state index contributed by atoms with van der Waals surface area (Å²) >= 11 is 5.59. The van der Waals surface area contributed by atoms with E-state index in [-0.39, 0.29) is 22.8 Å². The topological polar surface area (TPSA) is 42.2 Å². The Hall–Kier alpha value is -2.94. The summed E-state index contributed by atoms with van der Waals surface area (Å²) in [6, 6.07) is 9.55. The molecule has 10 heteroatoms. The van der Waals surface area contributed by atoms with Gasteiger partial charge in [0.25, 0.3) is 5.91 Å². The van der Waals surface area contributed by atoms with Crippen molar-refractivity contribution in [1.82, 2.24) is 0 Å². The van der Waals surface area contributed by atoms with Gasteiger partial charge in [-0.2, -0.15) is 26.3 Å². The van der Waals surface area contributed by atoms with Gasteiger partial charge in [-0.15, -0.1) is 0 Å². The maximum atomic E-state index is 12.8. The fourth-order valence-corrected chi connectivity index (χ4v) is 2.77. The van der Waals surface area contributed by atoms with Crippen LogP contribution in [0.25, 0.3) is 11.3 Å². The second kappa shape index (κ2) is 7.47. The molecule has 1 heterocycles. The SMILES string of the molecule is O=C(Nc1ccc(C(F)(F)F)c(Cl)c1)c1ccc(-c2cccc(C(F)(F)F)c2)o1. The van der Waals surface area contributed by atoms with E-state index in [1.165, 1.54) is 24.3 Å². The Kier molecular flexibility index (Phi) is 5.36. The highest BCUT2D eigenvalue weighted by Crippen LogP contribution is 2.36. The second-order valence-corrected chi connectivity index (χ2v) is 6.30. The van der Waals surface area contributed by atoms with Gasteiger partial charge in [-0.25, -0.2) is 0 Å². The number of furan rings is 1. The van der Waals surface area contributed by atoms with Crippen LogP contribution in [0.3, 0.4) is 0 Å². The lowest BCUT2D eigenvalue weighted by molar-refractivity contribution is -0.138. The highest BCUT2D eigenvalue weighted by Gasteiger charge is 2.33. The number of anilines is 1. The molecule has 29 heavy (non-hydrogen) atoms. The number of amides is 1. The number of halogens is 7. The van der Waals surface area contributed by atoms with E-state index in [2.05, 4.69) is 5.32 Å². The molecule has 3 rings (SSSR count). The third-order valence-corrected chi connectivity index (χ3v) is 4.15. The quantitative estimate of drug-likeness (QED) is 0.457. The van der Waals surface area contributed by atoms with Crippen molar-refractivity contribution in [3.63, 3.8) is 0 Å². The molecule has 0 aliphatic rings. The van der Waals surface area contributed by atoms with Crippen LogP contribution in [0.2, 0.25) is 5.02 Å². The van der Waals surface area contributed by atoms with Crippen LogP contribution in [-0.4, -0.2) is 5.91 Å². The number of carbonyl (C=O) groups is 1. The van der Waals surface area contributed by atoms with Crippen molar-refractivity contribution in [2.45, 2.75) is 12.4 Å². The van der Waals surface area contributed by atoms with Gasteiger partial charge in [0, 0.05) is 11.3 Å². The lowest BCUT2D eigenvalue weighted by Gasteiger charge is -2.10. The van der Waals surface area contributed by atoms with E-state index in [0.717, 1.165) is 24.3 Å². The number of hydrogen-bond acceptors (Lipinski definition) is 2. The summed E-state index contributed by atoms with van der Waals surface area (Å²) in [7, 11) is 0. The van der Waals surface area contributed by atoms with E-state index in [1.807, 2.05) is 0 Å². The van der Waals surface area contributed by atoms with Crippen molar-refractivity contribution < 1.29 is 35.6 Å². The fraction of sp³-hybridized carbons (Fsp3) is 0.105. The molecule has 0 saturated carbocycles. The molecule has 3 nitrogen and oxygen atoms in total. The van der Waals surface area contributed by atoms with Crippen LogP contribution in [0.1, 0.15) is 21.7 Å². The Morgan fingerprint density at radius 3 is 2.24 bits per heavy atom. The first-order valence-electron chi connectivity index (χ1n) is 7.91. The van der Waals surface area contributed by atoms with Crippen LogP contribution in [0.4, 0.5) is 32.0 Å². The standard InChI is InChI=1S/C19H10ClF6NO2/c20-14-9-12(4-5-13(14)19(24,25)26)27-17(28)16-7-6-15(29-16)10-2-1-3-11(8-10)18(21,22)23/h1-9H,(H,27,28). The summed E-state index contributed by atoms with van der Waals surface area (Å²) in [5.74, 6) is -1.03. The van der Waals surface area contributed by atoms with Crippen molar-refractivity contribution in [3.05, 3.63) is 76.5 Å². The molecule has 1 amide bonds. The first kappa shape index (κ1) is 20.8. The van der Waals surface area contributed by atoms with Crippen LogP contribution in [0, 0.1) is 0 Å². The summed E-state index contributed by atoms with van der Waals surface area (Å²) in [5.41, 5.74) is -1.83. The van der Waals surface area contributed by atoms with E-state index in [4.69, 9.17) is 16.0 Å². The molecule has 3 aromatic rings. The zero-order valence-corrected chi connectivity index (χ0v) is 14.9. The highest BCUT2D eigenvalue weighted by molar-refractivity contribution is 6.31. The van der Waals surface area contributed by atoms with E-state index in [1.54, 1.807) is 0 Å². The van der Waals surface area contributed by atoms with Crippen molar-refractivity contribution in [3.8, 4) is 11.3 Å². The van der Waals surface area contributed by atoms with E-state index in [9.17, 15) is 31.1 Å². The van der Waals surface area contributed by atoms with Crippen molar-refractivity contribution >= 4 is 23.2 Å². The number of benzene rings is 2. The summed E-state index contributed by atoms with van der Waals surface area (Å²) in [6.45, 7) is 0. The van der Waals surface area contributed by atoms with Crippen molar-refractivity contribution in [2.75, 3.05) is 5.32 Å². The van der Waals surface area contributed by atoms with Crippen LogP contribution in [0.5, 0.6) is 0 Å². The van der Waals surface area contributed by atoms with Gasteiger partial charge < -0.3 is 9.73 Å². The van der Waals surface area contributed by atoms with Gasteiger partial charge >= 0.3 is 12.4 Å². The van der Waals surface area contributed by atoms with E-state index in [0.29, 0.717) is 6.07 Å². The Balaban J connectivity index is 1.79. The normalized spacial score (nSPS) is 12.1. The predicted octanol–water partition coefficient (Wildman–Crippen LogP) is 6.89. The minimum absolute atomic E-state index is 0.00924. The summed E-state index contributed by atoms with van der Waals surface area (Å²) in [6.07, 6.45) is -9.18. The van der Waals surface area contributed by atoms with Crippen LogP contribution in [-0.2, 0) is 12.4 Å². The maximum Gasteiger partial charge on any atom is 0.417 e. The smallest absolute Gasteiger partial charge is 0.417 e. The molecule has 1 N–H and O–H groups in total. The molecule has 152 valence electrons. The Bertz CT molecular complexity index is 1060. The molecule has 0 spiro atoms. The van der Waals surface area contributed by atoms with Gasteiger partial charge in [-0.3, -0.25) is 4.79 Å².